The van der Waals surface area contributed by atoms with Crippen LogP contribution in [0.3, 0.4) is 0 Å². The van der Waals surface area contributed by atoms with Crippen LogP contribution in [0.5, 0.6) is 5.75 Å². The van der Waals surface area contributed by atoms with Crippen LogP contribution < -0.4 is 4.74 Å². The molecule has 0 bridgehead atoms. The molecular formula is C16H15NO3. The number of fused-ring (bicyclic) bond motifs is 1. The molecular weight excluding hydrogens is 254 g/mol. The molecule has 20 heavy (non-hydrogen) atoms. The number of nitrogens with zero attached hydrogens (tertiary/aromatic N) is 1. The van der Waals surface area contributed by atoms with Crippen LogP contribution in [-0.4, -0.2) is 29.9 Å². The molecule has 1 saturated heterocycles. The van der Waals surface area contributed by atoms with Crippen molar-refractivity contribution in [3.63, 3.8) is 0 Å². The fraction of sp³-hybridized carbons (Fsp3) is 0.250. The zero-order chi connectivity index (χ0) is 13.9. The van der Waals surface area contributed by atoms with Crippen LogP contribution in [0.1, 0.15) is 12.8 Å². The number of carbonyl (C=O) groups is 2. The molecule has 2 aromatic rings. The molecule has 1 heterocycles. The van der Waals surface area contributed by atoms with Gasteiger partial charge in [0.1, 0.15) is 12.4 Å². The Morgan fingerprint density at radius 2 is 1.65 bits per heavy atom. The second-order valence-corrected chi connectivity index (χ2v) is 4.76. The van der Waals surface area contributed by atoms with Gasteiger partial charge in [0.15, 0.2) is 0 Å². The van der Waals surface area contributed by atoms with Crippen molar-refractivity contribution >= 4 is 22.6 Å². The molecule has 2 amide bonds. The summed E-state index contributed by atoms with van der Waals surface area (Å²) >= 11 is 0. The minimum Gasteiger partial charge on any atom is -0.491 e. The molecule has 1 fully saturated rings. The Bertz CT molecular complexity index is 644. The summed E-state index contributed by atoms with van der Waals surface area (Å²) in [7, 11) is 0. The molecule has 0 saturated carbocycles. The fourth-order valence-electron chi connectivity index (χ4n) is 2.44. The Balaban J connectivity index is 1.68. The van der Waals surface area contributed by atoms with E-state index in [1.54, 1.807) is 0 Å². The number of rotatable bonds is 4. The van der Waals surface area contributed by atoms with E-state index in [2.05, 4.69) is 0 Å². The molecule has 0 aliphatic carbocycles. The molecule has 0 unspecified atom stereocenters. The number of ether oxygens (including phenoxy) is 1. The van der Waals surface area contributed by atoms with Gasteiger partial charge < -0.3 is 4.74 Å². The minimum atomic E-state index is -0.100. The molecule has 0 radical (unpaired) electrons. The standard InChI is InChI=1S/C16H15NO3/c18-15-8-9-16(19)17(15)10-11-20-14-7-3-5-12-4-1-2-6-13(12)14/h1-7H,8-11H2. The van der Waals surface area contributed by atoms with E-state index in [0.29, 0.717) is 26.0 Å². The molecule has 2 aromatic carbocycles. The third kappa shape index (κ3) is 2.37. The molecule has 4 heteroatoms. The first kappa shape index (κ1) is 12.7. The summed E-state index contributed by atoms with van der Waals surface area (Å²) in [5, 5.41) is 2.15. The van der Waals surface area contributed by atoms with Gasteiger partial charge in [0.25, 0.3) is 0 Å². The summed E-state index contributed by atoms with van der Waals surface area (Å²) in [5.74, 6) is 0.579. The van der Waals surface area contributed by atoms with E-state index in [9.17, 15) is 9.59 Å². The van der Waals surface area contributed by atoms with E-state index in [4.69, 9.17) is 4.74 Å². The average Bonchev–Trinajstić information content (AvgIpc) is 2.79. The number of benzene rings is 2. The van der Waals surface area contributed by atoms with Crippen LogP contribution in [0.25, 0.3) is 10.8 Å². The van der Waals surface area contributed by atoms with Crippen molar-refractivity contribution in [2.24, 2.45) is 0 Å². The predicted molar refractivity (Wildman–Crippen MR) is 75.4 cm³/mol. The highest BCUT2D eigenvalue weighted by Crippen LogP contribution is 2.25. The van der Waals surface area contributed by atoms with E-state index in [-0.39, 0.29) is 11.8 Å². The van der Waals surface area contributed by atoms with E-state index in [1.165, 1.54) is 4.90 Å². The second-order valence-electron chi connectivity index (χ2n) is 4.76. The molecule has 0 atom stereocenters. The number of amides is 2. The lowest BCUT2D eigenvalue weighted by Crippen LogP contribution is -2.33. The van der Waals surface area contributed by atoms with Crippen LogP contribution in [0.4, 0.5) is 0 Å². The van der Waals surface area contributed by atoms with E-state index >= 15 is 0 Å². The first-order valence-electron chi connectivity index (χ1n) is 6.69. The maximum atomic E-state index is 11.5. The molecule has 0 spiro atoms. The van der Waals surface area contributed by atoms with Crippen molar-refractivity contribution in [2.75, 3.05) is 13.2 Å². The maximum Gasteiger partial charge on any atom is 0.229 e. The molecule has 4 nitrogen and oxygen atoms in total. The lowest BCUT2D eigenvalue weighted by Gasteiger charge is -2.15. The van der Waals surface area contributed by atoms with Crippen molar-refractivity contribution < 1.29 is 14.3 Å². The summed E-state index contributed by atoms with van der Waals surface area (Å²) in [6.07, 6.45) is 0.653. The minimum absolute atomic E-state index is 0.100. The van der Waals surface area contributed by atoms with Crippen LogP contribution in [0.15, 0.2) is 42.5 Å². The quantitative estimate of drug-likeness (QED) is 0.800. The van der Waals surface area contributed by atoms with Crippen molar-refractivity contribution in [3.8, 4) is 5.75 Å². The first-order chi connectivity index (χ1) is 9.75. The van der Waals surface area contributed by atoms with Gasteiger partial charge in [0, 0.05) is 18.2 Å². The Hall–Kier alpha value is -2.36. The molecule has 0 N–H and O–H groups in total. The highest BCUT2D eigenvalue weighted by atomic mass is 16.5. The third-order valence-corrected chi connectivity index (χ3v) is 3.48. The zero-order valence-corrected chi connectivity index (χ0v) is 11.0. The van der Waals surface area contributed by atoms with E-state index in [0.717, 1.165) is 16.5 Å². The number of hydrogen-bond acceptors (Lipinski definition) is 3. The second kappa shape index (κ2) is 5.33. The lowest BCUT2D eigenvalue weighted by atomic mass is 10.1. The smallest absolute Gasteiger partial charge is 0.229 e. The number of imide groups is 1. The van der Waals surface area contributed by atoms with Gasteiger partial charge in [-0.1, -0.05) is 36.4 Å². The molecule has 1 aliphatic rings. The maximum absolute atomic E-state index is 11.5. The van der Waals surface area contributed by atoms with Crippen molar-refractivity contribution in [1.82, 2.24) is 4.90 Å². The monoisotopic (exact) mass is 269 g/mol. The van der Waals surface area contributed by atoms with E-state index in [1.807, 2.05) is 42.5 Å². The van der Waals surface area contributed by atoms with Crippen molar-refractivity contribution in [2.45, 2.75) is 12.8 Å². The van der Waals surface area contributed by atoms with Gasteiger partial charge in [0.2, 0.25) is 11.8 Å². The third-order valence-electron chi connectivity index (χ3n) is 3.48. The van der Waals surface area contributed by atoms with Gasteiger partial charge >= 0.3 is 0 Å². The first-order valence-corrected chi connectivity index (χ1v) is 6.69. The van der Waals surface area contributed by atoms with Crippen molar-refractivity contribution in [1.29, 1.82) is 0 Å². The molecule has 102 valence electrons. The molecule has 0 aromatic heterocycles. The lowest BCUT2D eigenvalue weighted by molar-refractivity contribution is -0.138. The van der Waals surface area contributed by atoms with Gasteiger partial charge in [-0.2, -0.15) is 0 Å². The van der Waals surface area contributed by atoms with Crippen LogP contribution >= 0.6 is 0 Å². The summed E-state index contributed by atoms with van der Waals surface area (Å²) < 4.78 is 5.73. The highest BCUT2D eigenvalue weighted by molar-refractivity contribution is 6.01. The Labute approximate surface area is 116 Å². The van der Waals surface area contributed by atoms with Crippen LogP contribution in [0.2, 0.25) is 0 Å². The normalized spacial score (nSPS) is 15.1. The molecule has 1 aliphatic heterocycles. The topological polar surface area (TPSA) is 46.6 Å². The Kier molecular flexibility index (Phi) is 3.37. The van der Waals surface area contributed by atoms with Gasteiger partial charge in [-0.05, 0) is 11.5 Å². The average molecular weight is 269 g/mol. The summed E-state index contributed by atoms with van der Waals surface area (Å²) in [4.78, 5) is 24.3. The number of hydrogen-bond donors (Lipinski definition) is 0. The summed E-state index contributed by atoms with van der Waals surface area (Å²) in [6, 6.07) is 13.8. The number of likely N-dealkylation sites (tertiary alicyclic amines) is 1. The SMILES string of the molecule is O=C1CCC(=O)N1CCOc1cccc2ccccc12. The van der Waals surface area contributed by atoms with Gasteiger partial charge in [-0.15, -0.1) is 0 Å². The largest absolute Gasteiger partial charge is 0.491 e. The highest BCUT2D eigenvalue weighted by Gasteiger charge is 2.28. The zero-order valence-electron chi connectivity index (χ0n) is 11.0. The van der Waals surface area contributed by atoms with E-state index < -0.39 is 0 Å². The fourth-order valence-corrected chi connectivity index (χ4v) is 2.44. The van der Waals surface area contributed by atoms with Crippen LogP contribution in [0, 0.1) is 0 Å². The van der Waals surface area contributed by atoms with Gasteiger partial charge in [-0.3, -0.25) is 14.5 Å². The van der Waals surface area contributed by atoms with Gasteiger partial charge in [0.05, 0.1) is 6.54 Å². The predicted octanol–water partition coefficient (Wildman–Crippen LogP) is 2.37. The van der Waals surface area contributed by atoms with Gasteiger partial charge in [-0.25, -0.2) is 0 Å². The Morgan fingerprint density at radius 3 is 2.45 bits per heavy atom. The summed E-state index contributed by atoms with van der Waals surface area (Å²) in [6.45, 7) is 0.645. The summed E-state index contributed by atoms with van der Waals surface area (Å²) in [5.41, 5.74) is 0. The van der Waals surface area contributed by atoms with Crippen LogP contribution in [-0.2, 0) is 9.59 Å². The Morgan fingerprint density at radius 1 is 0.950 bits per heavy atom. The molecule has 3 rings (SSSR count). The van der Waals surface area contributed by atoms with Crippen molar-refractivity contribution in [3.05, 3.63) is 42.5 Å². The number of carbonyl (C=O) groups excluding carboxylic acids is 2.